The minimum absolute atomic E-state index is 0.0862. The Bertz CT molecular complexity index is 296. The van der Waals surface area contributed by atoms with E-state index in [1.165, 1.54) is 0 Å². The van der Waals surface area contributed by atoms with Gasteiger partial charge in [0.25, 0.3) is 0 Å². The van der Waals surface area contributed by atoms with Crippen LogP contribution in [0, 0.1) is 0 Å². The monoisotopic (exact) mass is 206 g/mol. The van der Waals surface area contributed by atoms with Crippen LogP contribution in [0.25, 0.3) is 0 Å². The van der Waals surface area contributed by atoms with Gasteiger partial charge < -0.3 is 10.2 Å². The smallest absolute Gasteiger partial charge is 0.224 e. The third kappa shape index (κ3) is 5.18. The van der Waals surface area contributed by atoms with Crippen LogP contribution < -0.4 is 5.32 Å². The molecule has 0 aliphatic heterocycles. The first-order valence-electron chi connectivity index (χ1n) is 5.18. The topological polar surface area (TPSA) is 32.3 Å². The zero-order valence-electron chi connectivity index (χ0n) is 9.36. The van der Waals surface area contributed by atoms with E-state index < -0.39 is 0 Å². The van der Waals surface area contributed by atoms with Crippen molar-refractivity contribution in [2.45, 2.75) is 12.8 Å². The Balaban J connectivity index is 2.25. The molecule has 1 rings (SSSR count). The number of carbonyl (C=O) groups is 1. The largest absolute Gasteiger partial charge is 0.326 e. The lowest BCUT2D eigenvalue weighted by atomic mass is 10.2. The molecule has 0 bridgehead atoms. The summed E-state index contributed by atoms with van der Waals surface area (Å²) in [4.78, 5) is 13.5. The number of amides is 1. The molecule has 15 heavy (non-hydrogen) atoms. The van der Waals surface area contributed by atoms with Crippen molar-refractivity contribution in [2.75, 3.05) is 26.0 Å². The minimum atomic E-state index is 0.0862. The van der Waals surface area contributed by atoms with Crippen LogP contribution in [-0.2, 0) is 4.79 Å². The van der Waals surface area contributed by atoms with Crippen molar-refractivity contribution in [3.05, 3.63) is 30.3 Å². The van der Waals surface area contributed by atoms with Crippen molar-refractivity contribution >= 4 is 11.6 Å². The fraction of sp³-hybridized carbons (Fsp3) is 0.417. The van der Waals surface area contributed by atoms with Gasteiger partial charge in [-0.15, -0.1) is 0 Å². The molecule has 0 heterocycles. The second-order valence-corrected chi connectivity index (χ2v) is 3.82. The number of anilines is 1. The molecule has 0 spiro atoms. The van der Waals surface area contributed by atoms with Gasteiger partial charge >= 0.3 is 0 Å². The summed E-state index contributed by atoms with van der Waals surface area (Å²) >= 11 is 0. The van der Waals surface area contributed by atoms with Gasteiger partial charge in [0.05, 0.1) is 0 Å². The van der Waals surface area contributed by atoms with Crippen LogP contribution >= 0.6 is 0 Å². The molecule has 0 aliphatic rings. The first-order chi connectivity index (χ1) is 7.18. The molecular formula is C12H18N2O. The molecule has 0 aliphatic carbocycles. The highest BCUT2D eigenvalue weighted by molar-refractivity contribution is 5.90. The minimum Gasteiger partial charge on any atom is -0.326 e. The molecule has 0 atom stereocenters. The summed E-state index contributed by atoms with van der Waals surface area (Å²) in [5.41, 5.74) is 0.868. The normalized spacial score (nSPS) is 10.3. The van der Waals surface area contributed by atoms with Gasteiger partial charge in [0.15, 0.2) is 0 Å². The number of benzene rings is 1. The van der Waals surface area contributed by atoms with E-state index in [0.29, 0.717) is 6.42 Å². The Kier molecular flexibility index (Phi) is 4.84. The van der Waals surface area contributed by atoms with Crippen LogP contribution in [0.3, 0.4) is 0 Å². The number of nitrogens with one attached hydrogen (secondary N) is 1. The van der Waals surface area contributed by atoms with E-state index in [1.807, 2.05) is 44.4 Å². The molecule has 0 radical (unpaired) electrons. The molecule has 3 heteroatoms. The van der Waals surface area contributed by atoms with Gasteiger partial charge in [-0.1, -0.05) is 18.2 Å². The molecule has 0 saturated carbocycles. The molecule has 0 fully saturated rings. The molecule has 0 saturated heterocycles. The third-order valence-corrected chi connectivity index (χ3v) is 2.07. The van der Waals surface area contributed by atoms with Crippen molar-refractivity contribution in [1.82, 2.24) is 4.90 Å². The van der Waals surface area contributed by atoms with E-state index in [9.17, 15) is 4.79 Å². The average molecular weight is 206 g/mol. The fourth-order valence-electron chi connectivity index (χ4n) is 1.30. The highest BCUT2D eigenvalue weighted by Crippen LogP contribution is 2.05. The van der Waals surface area contributed by atoms with E-state index >= 15 is 0 Å². The van der Waals surface area contributed by atoms with Crippen LogP contribution in [0.4, 0.5) is 5.69 Å². The fourth-order valence-corrected chi connectivity index (χ4v) is 1.30. The quantitative estimate of drug-likeness (QED) is 0.798. The highest BCUT2D eigenvalue weighted by Gasteiger charge is 2.01. The van der Waals surface area contributed by atoms with Crippen LogP contribution in [0.5, 0.6) is 0 Å². The Hall–Kier alpha value is -1.35. The van der Waals surface area contributed by atoms with Crippen LogP contribution in [0.2, 0.25) is 0 Å². The van der Waals surface area contributed by atoms with Crippen LogP contribution in [0.1, 0.15) is 12.8 Å². The summed E-state index contributed by atoms with van der Waals surface area (Å²) in [6.07, 6.45) is 1.47. The number of carbonyl (C=O) groups excluding carboxylic acids is 1. The first kappa shape index (κ1) is 11.7. The van der Waals surface area contributed by atoms with E-state index in [0.717, 1.165) is 18.7 Å². The number of rotatable bonds is 5. The Labute approximate surface area is 91.1 Å². The van der Waals surface area contributed by atoms with Crippen molar-refractivity contribution in [2.24, 2.45) is 0 Å². The molecule has 0 unspecified atom stereocenters. The van der Waals surface area contributed by atoms with E-state index in [2.05, 4.69) is 10.2 Å². The summed E-state index contributed by atoms with van der Waals surface area (Å²) in [5, 5.41) is 2.86. The number of para-hydroxylation sites is 1. The van der Waals surface area contributed by atoms with E-state index in [4.69, 9.17) is 0 Å². The lowest BCUT2D eigenvalue weighted by Gasteiger charge is -2.09. The summed E-state index contributed by atoms with van der Waals surface area (Å²) < 4.78 is 0. The summed E-state index contributed by atoms with van der Waals surface area (Å²) in [6.45, 7) is 0.947. The van der Waals surface area contributed by atoms with Crippen molar-refractivity contribution in [3.8, 4) is 0 Å². The van der Waals surface area contributed by atoms with Crippen molar-refractivity contribution < 1.29 is 4.79 Å². The predicted octanol–water partition coefficient (Wildman–Crippen LogP) is 1.97. The molecular weight excluding hydrogens is 188 g/mol. The summed E-state index contributed by atoms with van der Waals surface area (Å²) in [5.74, 6) is 0.0862. The first-order valence-corrected chi connectivity index (χ1v) is 5.18. The molecule has 82 valence electrons. The van der Waals surface area contributed by atoms with Crippen molar-refractivity contribution in [1.29, 1.82) is 0 Å². The molecule has 0 aromatic heterocycles. The highest BCUT2D eigenvalue weighted by atomic mass is 16.1. The van der Waals surface area contributed by atoms with Gasteiger partial charge in [-0.3, -0.25) is 4.79 Å². The maximum Gasteiger partial charge on any atom is 0.224 e. The Morgan fingerprint density at radius 2 is 1.93 bits per heavy atom. The SMILES string of the molecule is CN(C)CCCC(=O)Nc1ccccc1. The summed E-state index contributed by atoms with van der Waals surface area (Å²) in [6, 6.07) is 9.54. The molecule has 1 aromatic carbocycles. The average Bonchev–Trinajstić information content (AvgIpc) is 2.18. The van der Waals surface area contributed by atoms with E-state index in [1.54, 1.807) is 0 Å². The standard InChI is InChI=1S/C12H18N2O/c1-14(2)10-6-9-12(15)13-11-7-4-3-5-8-11/h3-5,7-8H,6,9-10H2,1-2H3,(H,13,15). The maximum atomic E-state index is 11.5. The van der Waals surface area contributed by atoms with Crippen LogP contribution in [0.15, 0.2) is 30.3 Å². The molecule has 3 nitrogen and oxygen atoms in total. The predicted molar refractivity (Wildman–Crippen MR) is 62.9 cm³/mol. The molecule has 1 N–H and O–H groups in total. The molecule has 1 amide bonds. The maximum absolute atomic E-state index is 11.5. The van der Waals surface area contributed by atoms with Gasteiger partial charge in [0.2, 0.25) is 5.91 Å². The lowest BCUT2D eigenvalue weighted by Crippen LogP contribution is -2.17. The number of nitrogens with zero attached hydrogens (tertiary/aromatic N) is 1. The zero-order valence-corrected chi connectivity index (χ0v) is 9.36. The summed E-state index contributed by atoms with van der Waals surface area (Å²) in [7, 11) is 4.02. The van der Waals surface area contributed by atoms with Gasteiger partial charge in [-0.05, 0) is 39.2 Å². The van der Waals surface area contributed by atoms with E-state index in [-0.39, 0.29) is 5.91 Å². The van der Waals surface area contributed by atoms with Gasteiger partial charge in [-0.2, -0.15) is 0 Å². The number of hydrogen-bond donors (Lipinski definition) is 1. The Morgan fingerprint density at radius 3 is 2.53 bits per heavy atom. The second-order valence-electron chi connectivity index (χ2n) is 3.82. The van der Waals surface area contributed by atoms with Gasteiger partial charge in [0.1, 0.15) is 0 Å². The second kappa shape index (κ2) is 6.19. The van der Waals surface area contributed by atoms with Crippen LogP contribution in [-0.4, -0.2) is 31.4 Å². The lowest BCUT2D eigenvalue weighted by molar-refractivity contribution is -0.116. The van der Waals surface area contributed by atoms with Gasteiger partial charge in [-0.25, -0.2) is 0 Å². The van der Waals surface area contributed by atoms with Gasteiger partial charge in [0, 0.05) is 12.1 Å². The zero-order chi connectivity index (χ0) is 11.1. The third-order valence-electron chi connectivity index (χ3n) is 2.07. The number of hydrogen-bond acceptors (Lipinski definition) is 2. The van der Waals surface area contributed by atoms with Crippen molar-refractivity contribution in [3.63, 3.8) is 0 Å². The molecule has 1 aromatic rings. The Morgan fingerprint density at radius 1 is 1.27 bits per heavy atom.